The summed E-state index contributed by atoms with van der Waals surface area (Å²) in [5.41, 5.74) is 3.67. The number of rotatable bonds is 3. The predicted molar refractivity (Wildman–Crippen MR) is 110 cm³/mol. The Morgan fingerprint density at radius 2 is 1.52 bits per heavy atom. The number of nitrogens with zero attached hydrogens (tertiary/aromatic N) is 1. The molecule has 1 amide bonds. The van der Waals surface area contributed by atoms with Crippen LogP contribution in [0.5, 0.6) is 0 Å². The molecule has 0 saturated heterocycles. The van der Waals surface area contributed by atoms with Crippen molar-refractivity contribution in [2.75, 3.05) is 11.9 Å². The fourth-order valence-corrected chi connectivity index (χ4v) is 4.42. The highest BCUT2D eigenvalue weighted by atomic mass is 127. The smallest absolute Gasteiger partial charge is 0.242 e. The predicted octanol–water partition coefficient (Wildman–Crippen LogP) is 4.80. The van der Waals surface area contributed by atoms with Crippen LogP contribution in [0.15, 0.2) is 78.9 Å². The quantitative estimate of drug-likeness (QED) is 0.538. The highest BCUT2D eigenvalue weighted by Gasteiger charge is 2.50. The molecule has 1 heterocycles. The van der Waals surface area contributed by atoms with E-state index in [4.69, 9.17) is 0 Å². The van der Waals surface area contributed by atoms with Crippen molar-refractivity contribution in [3.63, 3.8) is 0 Å². The first-order valence-electron chi connectivity index (χ1n) is 8.31. The Bertz CT molecular complexity index is 938. The van der Waals surface area contributed by atoms with Crippen molar-refractivity contribution in [1.82, 2.24) is 0 Å². The summed E-state index contributed by atoms with van der Waals surface area (Å²) in [4.78, 5) is 15.3. The molecule has 0 fully saturated rings. The number of halogens is 1. The van der Waals surface area contributed by atoms with Gasteiger partial charge in [-0.25, -0.2) is 0 Å². The molecule has 0 radical (unpaired) electrons. The van der Waals surface area contributed by atoms with Crippen LogP contribution in [0.2, 0.25) is 0 Å². The maximum Gasteiger partial charge on any atom is 0.242 e. The van der Waals surface area contributed by atoms with Gasteiger partial charge in [-0.3, -0.25) is 4.79 Å². The van der Waals surface area contributed by atoms with E-state index in [-0.39, 0.29) is 5.91 Å². The van der Waals surface area contributed by atoms with Crippen molar-refractivity contribution in [3.05, 3.63) is 99.1 Å². The van der Waals surface area contributed by atoms with Crippen molar-refractivity contribution in [1.29, 1.82) is 0 Å². The van der Waals surface area contributed by atoms with Gasteiger partial charge < -0.3 is 4.90 Å². The monoisotopic (exact) mass is 439 g/mol. The van der Waals surface area contributed by atoms with Gasteiger partial charge in [0.25, 0.3) is 0 Å². The van der Waals surface area contributed by atoms with Crippen LogP contribution in [0.1, 0.15) is 16.7 Å². The van der Waals surface area contributed by atoms with Crippen LogP contribution >= 0.6 is 22.6 Å². The van der Waals surface area contributed by atoms with Crippen LogP contribution in [0.4, 0.5) is 5.69 Å². The minimum Gasteiger partial charge on any atom is -0.314 e. The molecule has 1 aliphatic rings. The Labute approximate surface area is 161 Å². The molecule has 2 nitrogen and oxygen atoms in total. The number of fused-ring (bicyclic) bond motifs is 1. The van der Waals surface area contributed by atoms with E-state index in [1.165, 1.54) is 9.13 Å². The molecule has 25 heavy (non-hydrogen) atoms. The van der Waals surface area contributed by atoms with Crippen LogP contribution in [0, 0.1) is 3.57 Å². The molecule has 4 rings (SSSR count). The topological polar surface area (TPSA) is 20.3 Å². The summed E-state index contributed by atoms with van der Waals surface area (Å²) in [5, 5.41) is 0. The molecule has 0 saturated carbocycles. The standard InChI is InChI=1S/C22H18INO/c1-24-20-14-8-6-12-18(20)22(21(24)25,17-10-3-2-4-11-17)15-16-9-5-7-13-19(16)23/h2-14H,15H2,1H3. The van der Waals surface area contributed by atoms with E-state index in [0.29, 0.717) is 6.42 Å². The number of carbonyl (C=O) groups excluding carboxylic acids is 1. The zero-order chi connectivity index (χ0) is 17.4. The van der Waals surface area contributed by atoms with Gasteiger partial charge in [0.1, 0.15) is 5.41 Å². The van der Waals surface area contributed by atoms with Crippen LogP contribution in [0.25, 0.3) is 0 Å². The Morgan fingerprint density at radius 3 is 2.28 bits per heavy atom. The third-order valence-corrected chi connectivity index (χ3v) is 6.13. The molecule has 0 spiro atoms. The molecule has 0 aromatic heterocycles. The molecule has 3 aromatic carbocycles. The SMILES string of the molecule is CN1C(=O)C(Cc2ccccc2I)(c2ccccc2)c2ccccc21. The third kappa shape index (κ3) is 2.49. The number of hydrogen-bond donors (Lipinski definition) is 0. The van der Waals surface area contributed by atoms with Gasteiger partial charge in [0.2, 0.25) is 5.91 Å². The number of anilines is 1. The number of benzene rings is 3. The van der Waals surface area contributed by atoms with Gasteiger partial charge in [0.15, 0.2) is 0 Å². The van der Waals surface area contributed by atoms with Gasteiger partial charge in [0.05, 0.1) is 0 Å². The molecule has 0 N–H and O–H groups in total. The van der Waals surface area contributed by atoms with Crippen LogP contribution in [-0.2, 0) is 16.6 Å². The van der Waals surface area contributed by atoms with E-state index in [0.717, 1.165) is 16.8 Å². The van der Waals surface area contributed by atoms with Crippen molar-refractivity contribution >= 4 is 34.2 Å². The first-order valence-corrected chi connectivity index (χ1v) is 9.39. The third-order valence-electron chi connectivity index (χ3n) is 5.07. The first-order chi connectivity index (χ1) is 12.1. The summed E-state index contributed by atoms with van der Waals surface area (Å²) < 4.78 is 1.19. The molecule has 1 unspecified atom stereocenters. The lowest BCUT2D eigenvalue weighted by atomic mass is 9.71. The van der Waals surface area contributed by atoms with E-state index in [1.807, 2.05) is 55.6 Å². The fraction of sp³-hybridized carbons (Fsp3) is 0.136. The number of para-hydroxylation sites is 1. The zero-order valence-electron chi connectivity index (χ0n) is 13.9. The lowest BCUT2D eigenvalue weighted by Crippen LogP contribution is -2.41. The Kier molecular flexibility index (Phi) is 4.12. The first kappa shape index (κ1) is 16.3. The fourth-order valence-electron chi connectivity index (χ4n) is 3.84. The minimum absolute atomic E-state index is 0.138. The average molecular weight is 439 g/mol. The molecule has 1 atom stereocenters. The second kappa shape index (κ2) is 6.30. The van der Waals surface area contributed by atoms with Crippen LogP contribution < -0.4 is 4.90 Å². The van der Waals surface area contributed by atoms with Gasteiger partial charge >= 0.3 is 0 Å². The maximum atomic E-state index is 13.5. The van der Waals surface area contributed by atoms with Gasteiger partial charge in [0, 0.05) is 16.3 Å². The molecule has 1 aliphatic heterocycles. The summed E-state index contributed by atoms with van der Waals surface area (Å²) >= 11 is 2.36. The highest BCUT2D eigenvalue weighted by Crippen LogP contribution is 2.47. The van der Waals surface area contributed by atoms with Gasteiger partial charge in [-0.2, -0.15) is 0 Å². The van der Waals surface area contributed by atoms with Crippen LogP contribution in [0.3, 0.4) is 0 Å². The van der Waals surface area contributed by atoms with E-state index >= 15 is 0 Å². The molecule has 3 aromatic rings. The molecule has 124 valence electrons. The zero-order valence-corrected chi connectivity index (χ0v) is 16.1. The van der Waals surface area contributed by atoms with Crippen molar-refractivity contribution < 1.29 is 4.79 Å². The summed E-state index contributed by atoms with van der Waals surface area (Å²) in [7, 11) is 1.88. The van der Waals surface area contributed by atoms with Gasteiger partial charge in [-0.1, -0.05) is 66.7 Å². The van der Waals surface area contributed by atoms with Gasteiger partial charge in [-0.05, 0) is 57.8 Å². The van der Waals surface area contributed by atoms with Gasteiger partial charge in [-0.15, -0.1) is 0 Å². The second-order valence-corrected chi connectivity index (χ2v) is 7.58. The van der Waals surface area contributed by atoms with Crippen molar-refractivity contribution in [3.8, 4) is 0 Å². The van der Waals surface area contributed by atoms with E-state index in [9.17, 15) is 4.79 Å². The number of carbonyl (C=O) groups is 1. The largest absolute Gasteiger partial charge is 0.314 e. The number of hydrogen-bond acceptors (Lipinski definition) is 1. The average Bonchev–Trinajstić information content (AvgIpc) is 2.87. The summed E-state index contributed by atoms with van der Waals surface area (Å²) in [5.74, 6) is 0.138. The molecule has 3 heteroatoms. The Hall–Kier alpha value is -2.14. The maximum absolute atomic E-state index is 13.5. The van der Waals surface area contributed by atoms with E-state index in [1.54, 1.807) is 4.90 Å². The van der Waals surface area contributed by atoms with E-state index in [2.05, 4.69) is 52.9 Å². The Morgan fingerprint density at radius 1 is 0.880 bits per heavy atom. The summed E-state index contributed by atoms with van der Waals surface area (Å²) in [6.45, 7) is 0. The number of amides is 1. The normalized spacial score (nSPS) is 19.1. The minimum atomic E-state index is -0.673. The Balaban J connectivity index is 1.98. The lowest BCUT2D eigenvalue weighted by Gasteiger charge is -2.29. The van der Waals surface area contributed by atoms with Crippen LogP contribution in [-0.4, -0.2) is 13.0 Å². The number of likely N-dealkylation sites (N-methyl/N-ethyl adjacent to an activating group) is 1. The van der Waals surface area contributed by atoms with E-state index < -0.39 is 5.41 Å². The molecular formula is C22H18INO. The summed E-state index contributed by atoms with van der Waals surface area (Å²) in [6.07, 6.45) is 0.663. The van der Waals surface area contributed by atoms with Crippen molar-refractivity contribution in [2.45, 2.75) is 11.8 Å². The highest BCUT2D eigenvalue weighted by molar-refractivity contribution is 14.1. The summed E-state index contributed by atoms with van der Waals surface area (Å²) in [6, 6.07) is 26.6. The molecule has 0 aliphatic carbocycles. The second-order valence-electron chi connectivity index (χ2n) is 6.42. The van der Waals surface area contributed by atoms with Crippen molar-refractivity contribution in [2.24, 2.45) is 0 Å². The lowest BCUT2D eigenvalue weighted by molar-refractivity contribution is -0.121. The molecular weight excluding hydrogens is 421 g/mol. The molecule has 0 bridgehead atoms.